The minimum Gasteiger partial charge on any atom is -0.329 e. The Hall–Kier alpha value is -0.290. The van der Waals surface area contributed by atoms with Crippen LogP contribution in [0.2, 0.25) is 0 Å². The molecule has 0 saturated carbocycles. The number of nitrogens with zero attached hydrogens (tertiary/aromatic N) is 1. The van der Waals surface area contributed by atoms with Crippen LogP contribution in [0.25, 0.3) is 0 Å². The molecule has 1 saturated heterocycles. The standard InChI is InChI=1S/C6H11F3N2/c7-6(8,9)5(4-10)11-2-1-3-11/h5H,1-4,10H2/t5-/m1/s1. The third-order valence-corrected chi connectivity index (χ3v) is 1.93. The van der Waals surface area contributed by atoms with E-state index in [0.29, 0.717) is 13.1 Å². The number of nitrogens with two attached hydrogens (primary N) is 1. The topological polar surface area (TPSA) is 29.3 Å². The fourth-order valence-corrected chi connectivity index (χ4v) is 1.14. The predicted molar refractivity (Wildman–Crippen MR) is 35.1 cm³/mol. The molecule has 11 heavy (non-hydrogen) atoms. The molecule has 1 rings (SSSR count). The van der Waals surface area contributed by atoms with Gasteiger partial charge >= 0.3 is 6.18 Å². The minimum absolute atomic E-state index is 0.330. The molecule has 5 heteroatoms. The third-order valence-electron chi connectivity index (χ3n) is 1.93. The highest BCUT2D eigenvalue weighted by molar-refractivity contribution is 4.84. The van der Waals surface area contributed by atoms with Crippen molar-refractivity contribution in [3.05, 3.63) is 0 Å². The van der Waals surface area contributed by atoms with Crippen molar-refractivity contribution in [3.8, 4) is 0 Å². The summed E-state index contributed by atoms with van der Waals surface area (Å²) in [6.45, 7) is 0.728. The summed E-state index contributed by atoms with van der Waals surface area (Å²) in [5.41, 5.74) is 5.01. The van der Waals surface area contributed by atoms with Gasteiger partial charge in [0.05, 0.1) is 0 Å². The van der Waals surface area contributed by atoms with Gasteiger partial charge in [0.2, 0.25) is 0 Å². The van der Waals surface area contributed by atoms with Gasteiger partial charge in [-0.2, -0.15) is 13.2 Å². The Kier molecular flexibility index (Phi) is 2.39. The van der Waals surface area contributed by atoms with Gasteiger partial charge in [-0.25, -0.2) is 0 Å². The lowest BCUT2D eigenvalue weighted by Gasteiger charge is -2.38. The van der Waals surface area contributed by atoms with Gasteiger partial charge in [-0.3, -0.25) is 4.90 Å². The van der Waals surface area contributed by atoms with Gasteiger partial charge in [-0.05, 0) is 6.42 Å². The van der Waals surface area contributed by atoms with Crippen LogP contribution in [0, 0.1) is 0 Å². The van der Waals surface area contributed by atoms with Crippen LogP contribution in [0.5, 0.6) is 0 Å². The van der Waals surface area contributed by atoms with Gasteiger partial charge < -0.3 is 5.73 Å². The van der Waals surface area contributed by atoms with E-state index in [4.69, 9.17) is 5.73 Å². The van der Waals surface area contributed by atoms with Crippen molar-refractivity contribution >= 4 is 0 Å². The van der Waals surface area contributed by atoms with Gasteiger partial charge in [-0.15, -0.1) is 0 Å². The van der Waals surface area contributed by atoms with E-state index in [1.807, 2.05) is 0 Å². The van der Waals surface area contributed by atoms with E-state index >= 15 is 0 Å². The maximum Gasteiger partial charge on any atom is 0.405 e. The SMILES string of the molecule is NC[C@@H](N1CCC1)C(F)(F)F. The molecule has 0 aromatic rings. The monoisotopic (exact) mass is 168 g/mol. The van der Waals surface area contributed by atoms with Gasteiger partial charge in [0.25, 0.3) is 0 Å². The number of hydrogen-bond donors (Lipinski definition) is 1. The largest absolute Gasteiger partial charge is 0.405 e. The van der Waals surface area contributed by atoms with Crippen LogP contribution >= 0.6 is 0 Å². The zero-order valence-electron chi connectivity index (χ0n) is 6.06. The van der Waals surface area contributed by atoms with Gasteiger partial charge in [0.1, 0.15) is 6.04 Å². The highest BCUT2D eigenvalue weighted by Crippen LogP contribution is 2.26. The number of halogens is 3. The van der Waals surface area contributed by atoms with Crippen molar-refractivity contribution in [2.24, 2.45) is 5.73 Å². The molecule has 0 bridgehead atoms. The number of likely N-dealkylation sites (tertiary alicyclic amines) is 1. The Morgan fingerprint density at radius 1 is 1.36 bits per heavy atom. The number of alkyl halides is 3. The summed E-state index contributed by atoms with van der Waals surface area (Å²) in [5.74, 6) is 0. The molecule has 66 valence electrons. The first-order chi connectivity index (χ1) is 5.05. The van der Waals surface area contributed by atoms with Crippen molar-refractivity contribution in [1.82, 2.24) is 4.90 Å². The zero-order valence-corrected chi connectivity index (χ0v) is 6.06. The first-order valence-electron chi connectivity index (χ1n) is 3.56. The molecule has 0 aromatic heterocycles. The summed E-state index contributed by atoms with van der Waals surface area (Å²) in [6, 6.07) is -1.42. The molecule has 1 fully saturated rings. The molecule has 1 heterocycles. The van der Waals surface area contributed by atoms with E-state index in [1.165, 1.54) is 4.90 Å². The first-order valence-corrected chi connectivity index (χ1v) is 3.56. The summed E-state index contributed by atoms with van der Waals surface area (Å²) in [7, 11) is 0. The summed E-state index contributed by atoms with van der Waals surface area (Å²) in [5, 5.41) is 0. The second-order valence-electron chi connectivity index (χ2n) is 2.68. The van der Waals surface area contributed by atoms with Crippen molar-refractivity contribution in [1.29, 1.82) is 0 Å². The fraction of sp³-hybridized carbons (Fsp3) is 1.00. The van der Waals surface area contributed by atoms with Gasteiger partial charge in [0.15, 0.2) is 0 Å². The van der Waals surface area contributed by atoms with Crippen LogP contribution in [0.15, 0.2) is 0 Å². The molecule has 0 radical (unpaired) electrons. The fourth-order valence-electron chi connectivity index (χ4n) is 1.14. The van der Waals surface area contributed by atoms with E-state index in [-0.39, 0.29) is 6.54 Å². The second kappa shape index (κ2) is 2.98. The highest BCUT2D eigenvalue weighted by atomic mass is 19.4. The van der Waals surface area contributed by atoms with Crippen LogP contribution in [-0.4, -0.2) is 36.8 Å². The summed E-state index contributed by atoms with van der Waals surface area (Å²) >= 11 is 0. The molecule has 0 amide bonds. The third kappa shape index (κ3) is 1.84. The van der Waals surface area contributed by atoms with E-state index < -0.39 is 12.2 Å². The zero-order chi connectivity index (χ0) is 8.48. The Bertz CT molecular complexity index is 130. The van der Waals surface area contributed by atoms with Crippen LogP contribution in [0.3, 0.4) is 0 Å². The lowest BCUT2D eigenvalue weighted by atomic mass is 10.1. The minimum atomic E-state index is -4.16. The summed E-state index contributed by atoms with van der Waals surface area (Å²) < 4.78 is 36.2. The van der Waals surface area contributed by atoms with E-state index in [1.54, 1.807) is 0 Å². The molecular weight excluding hydrogens is 157 g/mol. The van der Waals surface area contributed by atoms with Crippen LogP contribution in [0.1, 0.15) is 6.42 Å². The van der Waals surface area contributed by atoms with Crippen molar-refractivity contribution in [3.63, 3.8) is 0 Å². The lowest BCUT2D eigenvalue weighted by Crippen LogP contribution is -2.55. The average Bonchev–Trinajstić information content (AvgIpc) is 1.74. The molecule has 2 nitrogen and oxygen atoms in total. The van der Waals surface area contributed by atoms with Crippen molar-refractivity contribution < 1.29 is 13.2 Å². The normalized spacial score (nSPS) is 22.9. The van der Waals surface area contributed by atoms with E-state index in [9.17, 15) is 13.2 Å². The number of rotatable bonds is 2. The summed E-state index contributed by atoms with van der Waals surface area (Å²) in [6.07, 6.45) is -3.30. The average molecular weight is 168 g/mol. The molecule has 0 unspecified atom stereocenters. The van der Waals surface area contributed by atoms with Crippen LogP contribution < -0.4 is 5.73 Å². The van der Waals surface area contributed by atoms with Crippen molar-refractivity contribution in [2.45, 2.75) is 18.6 Å². The van der Waals surface area contributed by atoms with Crippen molar-refractivity contribution in [2.75, 3.05) is 19.6 Å². The summed E-state index contributed by atoms with van der Waals surface area (Å²) in [4.78, 5) is 1.36. The van der Waals surface area contributed by atoms with Gasteiger partial charge in [-0.1, -0.05) is 0 Å². The Labute approximate surface area is 63.2 Å². The quantitative estimate of drug-likeness (QED) is 0.653. The maximum atomic E-state index is 12.1. The Balaban J connectivity index is 2.48. The maximum absolute atomic E-state index is 12.1. The predicted octanol–water partition coefficient (Wildman–Crippen LogP) is 0.582. The molecule has 0 aliphatic carbocycles. The van der Waals surface area contributed by atoms with Gasteiger partial charge in [0, 0.05) is 19.6 Å². The smallest absolute Gasteiger partial charge is 0.329 e. The molecule has 1 atom stereocenters. The molecule has 1 aliphatic rings. The van der Waals surface area contributed by atoms with Crippen LogP contribution in [0.4, 0.5) is 13.2 Å². The molecular formula is C6H11F3N2. The van der Waals surface area contributed by atoms with Crippen LogP contribution in [-0.2, 0) is 0 Å². The number of hydrogen-bond acceptors (Lipinski definition) is 2. The molecule has 0 aromatic carbocycles. The molecule has 2 N–H and O–H groups in total. The Morgan fingerprint density at radius 3 is 2.00 bits per heavy atom. The first kappa shape index (κ1) is 8.80. The van der Waals surface area contributed by atoms with E-state index in [2.05, 4.69) is 0 Å². The molecule has 1 aliphatic heterocycles. The second-order valence-corrected chi connectivity index (χ2v) is 2.68. The Morgan fingerprint density at radius 2 is 1.91 bits per heavy atom. The molecule has 0 spiro atoms. The lowest BCUT2D eigenvalue weighted by molar-refractivity contribution is -0.189. The van der Waals surface area contributed by atoms with E-state index in [0.717, 1.165) is 6.42 Å². The highest BCUT2D eigenvalue weighted by Gasteiger charge is 2.44.